The van der Waals surface area contributed by atoms with Crippen LogP contribution in [-0.4, -0.2) is 4.98 Å². The lowest BCUT2D eigenvalue weighted by Crippen LogP contribution is -2.10. The summed E-state index contributed by atoms with van der Waals surface area (Å²) in [6.45, 7) is 13.7. The van der Waals surface area contributed by atoms with Crippen molar-refractivity contribution < 1.29 is 0 Å². The lowest BCUT2D eigenvalue weighted by Gasteiger charge is -2.18. The number of fused-ring (bicyclic) bond motifs is 1. The van der Waals surface area contributed by atoms with E-state index < -0.39 is 0 Å². The van der Waals surface area contributed by atoms with Crippen molar-refractivity contribution in [2.24, 2.45) is 11.8 Å². The second-order valence-electron chi connectivity index (χ2n) is 6.65. The molecule has 2 aromatic rings. The number of hydrogen-bond acceptors (Lipinski definition) is 0. The number of aromatic amines is 1. The summed E-state index contributed by atoms with van der Waals surface area (Å²) in [7, 11) is 0. The van der Waals surface area contributed by atoms with Gasteiger partial charge in [-0.05, 0) is 67.9 Å². The first-order valence-corrected chi connectivity index (χ1v) is 8.02. The number of aromatic nitrogens is 1. The van der Waals surface area contributed by atoms with E-state index in [-0.39, 0.29) is 0 Å². The SMILES string of the molecule is CCCC(C)C(C)Cc1cc2cc(C)c(C)c(C)c2[nH]1. The van der Waals surface area contributed by atoms with Crippen molar-refractivity contribution in [3.63, 3.8) is 0 Å². The van der Waals surface area contributed by atoms with Crippen molar-refractivity contribution in [1.82, 2.24) is 4.98 Å². The number of benzene rings is 1. The standard InChI is InChI=1S/C19H29N/c1-7-8-12(2)13(3)10-18-11-17-9-14(4)15(5)16(6)19(17)20-18/h9,11-13,20H,7-8,10H2,1-6H3. The number of rotatable bonds is 5. The van der Waals surface area contributed by atoms with Crippen LogP contribution in [0.5, 0.6) is 0 Å². The van der Waals surface area contributed by atoms with Gasteiger partial charge in [0, 0.05) is 16.6 Å². The molecule has 20 heavy (non-hydrogen) atoms. The van der Waals surface area contributed by atoms with Gasteiger partial charge in [0.15, 0.2) is 0 Å². The molecule has 0 aliphatic heterocycles. The Balaban J connectivity index is 2.26. The third kappa shape index (κ3) is 2.92. The summed E-state index contributed by atoms with van der Waals surface area (Å²) < 4.78 is 0. The number of hydrogen-bond donors (Lipinski definition) is 1. The van der Waals surface area contributed by atoms with E-state index in [1.165, 1.54) is 46.1 Å². The Morgan fingerprint density at radius 2 is 1.70 bits per heavy atom. The van der Waals surface area contributed by atoms with Crippen LogP contribution in [0.3, 0.4) is 0 Å². The zero-order valence-corrected chi connectivity index (χ0v) is 13.9. The molecule has 0 aliphatic carbocycles. The molecule has 110 valence electrons. The zero-order valence-electron chi connectivity index (χ0n) is 13.9. The lowest BCUT2D eigenvalue weighted by atomic mass is 9.88. The maximum absolute atomic E-state index is 3.66. The second-order valence-corrected chi connectivity index (χ2v) is 6.65. The van der Waals surface area contributed by atoms with Gasteiger partial charge >= 0.3 is 0 Å². The molecule has 0 radical (unpaired) electrons. The summed E-state index contributed by atoms with van der Waals surface area (Å²) in [5, 5.41) is 1.37. The maximum atomic E-state index is 3.66. The van der Waals surface area contributed by atoms with Gasteiger partial charge in [-0.3, -0.25) is 0 Å². The summed E-state index contributed by atoms with van der Waals surface area (Å²) in [4.78, 5) is 3.66. The molecule has 1 aromatic carbocycles. The van der Waals surface area contributed by atoms with Crippen LogP contribution >= 0.6 is 0 Å². The molecular weight excluding hydrogens is 242 g/mol. The monoisotopic (exact) mass is 271 g/mol. The van der Waals surface area contributed by atoms with E-state index >= 15 is 0 Å². The van der Waals surface area contributed by atoms with E-state index in [2.05, 4.69) is 58.7 Å². The summed E-state index contributed by atoms with van der Waals surface area (Å²) in [6.07, 6.45) is 3.78. The molecular formula is C19H29N. The van der Waals surface area contributed by atoms with Crippen molar-refractivity contribution in [3.05, 3.63) is 34.5 Å². The molecule has 0 fully saturated rings. The van der Waals surface area contributed by atoms with Crippen LogP contribution in [0.1, 0.15) is 56.0 Å². The Morgan fingerprint density at radius 1 is 1.00 bits per heavy atom. The quantitative estimate of drug-likeness (QED) is 0.717. The predicted octanol–water partition coefficient (Wildman–Crippen LogP) is 5.71. The maximum Gasteiger partial charge on any atom is 0.0488 e. The predicted molar refractivity (Wildman–Crippen MR) is 89.4 cm³/mol. The fourth-order valence-electron chi connectivity index (χ4n) is 3.18. The number of H-pyrrole nitrogens is 1. The molecule has 2 unspecified atom stereocenters. The molecule has 2 rings (SSSR count). The van der Waals surface area contributed by atoms with Crippen LogP contribution in [0.25, 0.3) is 10.9 Å². The summed E-state index contributed by atoms with van der Waals surface area (Å²) in [5.41, 5.74) is 6.94. The van der Waals surface area contributed by atoms with Gasteiger partial charge in [0.2, 0.25) is 0 Å². The molecule has 0 aliphatic rings. The molecule has 0 saturated carbocycles. The largest absolute Gasteiger partial charge is 0.358 e. The van der Waals surface area contributed by atoms with E-state index in [1.54, 1.807) is 0 Å². The molecule has 0 bridgehead atoms. The van der Waals surface area contributed by atoms with Crippen LogP contribution in [0, 0.1) is 32.6 Å². The highest BCUT2D eigenvalue weighted by atomic mass is 14.7. The van der Waals surface area contributed by atoms with Gasteiger partial charge in [-0.25, -0.2) is 0 Å². The van der Waals surface area contributed by atoms with E-state index in [9.17, 15) is 0 Å². The van der Waals surface area contributed by atoms with Crippen LogP contribution in [0.15, 0.2) is 12.1 Å². The highest BCUT2D eigenvalue weighted by Crippen LogP contribution is 2.27. The highest BCUT2D eigenvalue weighted by Gasteiger charge is 2.14. The molecule has 2 atom stereocenters. The van der Waals surface area contributed by atoms with E-state index in [1.807, 2.05) is 0 Å². The molecule has 0 amide bonds. The molecule has 1 aromatic heterocycles. The minimum atomic E-state index is 0.741. The first kappa shape index (κ1) is 15.2. The zero-order chi connectivity index (χ0) is 14.9. The lowest BCUT2D eigenvalue weighted by molar-refractivity contribution is 0.357. The molecule has 1 heterocycles. The summed E-state index contributed by atoms with van der Waals surface area (Å²) in [6, 6.07) is 4.67. The minimum absolute atomic E-state index is 0.741. The average Bonchev–Trinajstić information content (AvgIpc) is 2.79. The molecule has 1 heteroatoms. The Kier molecular flexibility index (Phi) is 4.57. The summed E-state index contributed by atoms with van der Waals surface area (Å²) >= 11 is 0. The number of nitrogens with one attached hydrogen (secondary N) is 1. The van der Waals surface area contributed by atoms with Crippen molar-refractivity contribution in [2.75, 3.05) is 0 Å². The van der Waals surface area contributed by atoms with Gasteiger partial charge < -0.3 is 4.98 Å². The Bertz CT molecular complexity index is 591. The molecule has 1 nitrogen and oxygen atoms in total. The minimum Gasteiger partial charge on any atom is -0.358 e. The Morgan fingerprint density at radius 3 is 2.35 bits per heavy atom. The van der Waals surface area contributed by atoms with Gasteiger partial charge in [0.1, 0.15) is 0 Å². The molecule has 1 N–H and O–H groups in total. The topological polar surface area (TPSA) is 15.8 Å². The van der Waals surface area contributed by atoms with Crippen molar-refractivity contribution >= 4 is 10.9 Å². The molecule has 0 saturated heterocycles. The van der Waals surface area contributed by atoms with Crippen molar-refractivity contribution in [1.29, 1.82) is 0 Å². The first-order valence-electron chi connectivity index (χ1n) is 8.02. The van der Waals surface area contributed by atoms with Crippen LogP contribution < -0.4 is 0 Å². The van der Waals surface area contributed by atoms with Crippen LogP contribution in [0.2, 0.25) is 0 Å². The van der Waals surface area contributed by atoms with Gasteiger partial charge in [-0.15, -0.1) is 0 Å². The van der Waals surface area contributed by atoms with Gasteiger partial charge in [-0.2, -0.15) is 0 Å². The number of aryl methyl sites for hydroxylation is 2. The van der Waals surface area contributed by atoms with E-state index in [0.717, 1.165) is 18.3 Å². The van der Waals surface area contributed by atoms with E-state index in [0.29, 0.717) is 0 Å². The van der Waals surface area contributed by atoms with Gasteiger partial charge in [0.05, 0.1) is 0 Å². The molecule has 0 spiro atoms. The van der Waals surface area contributed by atoms with Gasteiger partial charge in [-0.1, -0.05) is 33.6 Å². The summed E-state index contributed by atoms with van der Waals surface area (Å²) in [5.74, 6) is 1.54. The van der Waals surface area contributed by atoms with Gasteiger partial charge in [0.25, 0.3) is 0 Å². The Hall–Kier alpha value is -1.24. The second kappa shape index (κ2) is 6.03. The van der Waals surface area contributed by atoms with Crippen molar-refractivity contribution in [3.8, 4) is 0 Å². The average molecular weight is 271 g/mol. The third-order valence-corrected chi connectivity index (χ3v) is 5.06. The Labute approximate surface area is 123 Å². The third-order valence-electron chi connectivity index (χ3n) is 5.06. The highest BCUT2D eigenvalue weighted by molar-refractivity contribution is 5.85. The smallest absolute Gasteiger partial charge is 0.0488 e. The fraction of sp³-hybridized carbons (Fsp3) is 0.579. The fourth-order valence-corrected chi connectivity index (χ4v) is 3.18. The van der Waals surface area contributed by atoms with Crippen LogP contribution in [0.4, 0.5) is 0 Å². The van der Waals surface area contributed by atoms with E-state index in [4.69, 9.17) is 0 Å². The van der Waals surface area contributed by atoms with Crippen molar-refractivity contribution in [2.45, 2.75) is 60.8 Å². The first-order chi connectivity index (χ1) is 9.43. The van der Waals surface area contributed by atoms with Crippen LogP contribution in [-0.2, 0) is 6.42 Å². The normalized spacial score (nSPS) is 14.7.